The summed E-state index contributed by atoms with van der Waals surface area (Å²) >= 11 is 0. The molecule has 1 nitrogen and oxygen atoms in total. The van der Waals surface area contributed by atoms with Gasteiger partial charge in [0.1, 0.15) is 0 Å². The maximum absolute atomic E-state index is 3.52. The third-order valence-electron chi connectivity index (χ3n) is 4.46. The second-order valence-electron chi connectivity index (χ2n) is 5.85. The summed E-state index contributed by atoms with van der Waals surface area (Å²) < 4.78 is 0. The van der Waals surface area contributed by atoms with E-state index in [1.807, 2.05) is 0 Å². The van der Waals surface area contributed by atoms with E-state index < -0.39 is 0 Å². The SMILES string of the molecule is CCCCCCCCCCC(NC)C1CCC1. The number of rotatable bonds is 11. The summed E-state index contributed by atoms with van der Waals surface area (Å²) in [6, 6.07) is 0.823. The first kappa shape index (κ1) is 15.0. The van der Waals surface area contributed by atoms with Crippen molar-refractivity contribution in [1.82, 2.24) is 5.32 Å². The second-order valence-corrected chi connectivity index (χ2v) is 5.85. The van der Waals surface area contributed by atoms with Gasteiger partial charge in [0.15, 0.2) is 0 Å². The molecule has 0 aromatic heterocycles. The molecule has 1 rings (SSSR count). The van der Waals surface area contributed by atoms with Crippen LogP contribution in [0.25, 0.3) is 0 Å². The minimum atomic E-state index is 0.823. The van der Waals surface area contributed by atoms with E-state index in [2.05, 4.69) is 19.3 Å². The first-order valence-electron chi connectivity index (χ1n) is 8.05. The molecule has 0 aromatic carbocycles. The molecule has 0 spiro atoms. The lowest BCUT2D eigenvalue weighted by molar-refractivity contribution is 0.224. The summed E-state index contributed by atoms with van der Waals surface area (Å²) in [6.45, 7) is 2.29. The van der Waals surface area contributed by atoms with Gasteiger partial charge in [-0.3, -0.25) is 0 Å². The molecule has 1 heteroatoms. The van der Waals surface area contributed by atoms with Crippen molar-refractivity contribution in [2.45, 2.75) is 90.0 Å². The van der Waals surface area contributed by atoms with E-state index in [0.29, 0.717) is 0 Å². The molecule has 0 bridgehead atoms. The van der Waals surface area contributed by atoms with Gasteiger partial charge in [0.25, 0.3) is 0 Å². The molecule has 0 amide bonds. The lowest BCUT2D eigenvalue weighted by Crippen LogP contribution is -2.37. The summed E-state index contributed by atoms with van der Waals surface area (Å²) in [5, 5.41) is 3.52. The first-order chi connectivity index (χ1) is 8.38. The highest BCUT2D eigenvalue weighted by Crippen LogP contribution is 2.31. The van der Waals surface area contributed by atoms with Crippen LogP contribution < -0.4 is 5.32 Å². The molecule has 102 valence electrons. The number of nitrogens with one attached hydrogen (secondary N) is 1. The fourth-order valence-electron chi connectivity index (χ4n) is 2.96. The molecule has 1 fully saturated rings. The van der Waals surface area contributed by atoms with Crippen LogP contribution >= 0.6 is 0 Å². The lowest BCUT2D eigenvalue weighted by Gasteiger charge is -2.33. The van der Waals surface area contributed by atoms with Crippen LogP contribution in [0.15, 0.2) is 0 Å². The molecule has 0 heterocycles. The topological polar surface area (TPSA) is 12.0 Å². The first-order valence-corrected chi connectivity index (χ1v) is 8.05. The average Bonchev–Trinajstić information content (AvgIpc) is 2.28. The van der Waals surface area contributed by atoms with Gasteiger partial charge >= 0.3 is 0 Å². The standard InChI is InChI=1S/C16H33N/c1-3-4-5-6-7-8-9-10-14-16(17-2)15-12-11-13-15/h15-17H,3-14H2,1-2H3. The quantitative estimate of drug-likeness (QED) is 0.505. The van der Waals surface area contributed by atoms with Gasteiger partial charge in [0.2, 0.25) is 0 Å². The Kier molecular flexibility index (Phi) is 8.78. The van der Waals surface area contributed by atoms with Crippen LogP contribution in [0.2, 0.25) is 0 Å². The van der Waals surface area contributed by atoms with Crippen LogP contribution in [0.5, 0.6) is 0 Å². The van der Waals surface area contributed by atoms with Gasteiger partial charge < -0.3 is 5.32 Å². The third kappa shape index (κ3) is 6.45. The highest BCUT2D eigenvalue weighted by Gasteiger charge is 2.25. The molecule has 1 N–H and O–H groups in total. The third-order valence-corrected chi connectivity index (χ3v) is 4.46. The second kappa shape index (κ2) is 9.94. The molecule has 1 saturated carbocycles. The van der Waals surface area contributed by atoms with Gasteiger partial charge in [0.05, 0.1) is 0 Å². The normalized spacial score (nSPS) is 18.0. The molecule has 17 heavy (non-hydrogen) atoms. The molecule has 1 unspecified atom stereocenters. The summed E-state index contributed by atoms with van der Waals surface area (Å²) in [5.41, 5.74) is 0. The predicted octanol–water partition coefficient (Wildman–Crippen LogP) is 4.91. The number of hydrogen-bond acceptors (Lipinski definition) is 1. The van der Waals surface area contributed by atoms with Gasteiger partial charge in [-0.1, -0.05) is 64.7 Å². The number of hydrogen-bond donors (Lipinski definition) is 1. The molecule has 0 radical (unpaired) electrons. The zero-order chi connectivity index (χ0) is 12.3. The Morgan fingerprint density at radius 3 is 2.00 bits per heavy atom. The highest BCUT2D eigenvalue weighted by atomic mass is 14.9. The smallest absolute Gasteiger partial charge is 0.00923 e. The van der Waals surface area contributed by atoms with Crippen molar-refractivity contribution < 1.29 is 0 Å². The Hall–Kier alpha value is -0.0400. The molecule has 1 atom stereocenters. The van der Waals surface area contributed by atoms with Crippen LogP contribution in [0.4, 0.5) is 0 Å². The van der Waals surface area contributed by atoms with Crippen molar-refractivity contribution in [2.75, 3.05) is 7.05 Å². The Labute approximate surface area is 109 Å². The van der Waals surface area contributed by atoms with Crippen molar-refractivity contribution in [3.63, 3.8) is 0 Å². The minimum absolute atomic E-state index is 0.823. The van der Waals surface area contributed by atoms with Crippen LogP contribution in [-0.2, 0) is 0 Å². The molecule has 1 aliphatic rings. The Balaban J connectivity index is 1.85. The van der Waals surface area contributed by atoms with E-state index in [1.54, 1.807) is 0 Å². The van der Waals surface area contributed by atoms with Gasteiger partial charge in [-0.25, -0.2) is 0 Å². The summed E-state index contributed by atoms with van der Waals surface area (Å²) in [5.74, 6) is 1.00. The van der Waals surface area contributed by atoms with E-state index in [0.717, 1.165) is 12.0 Å². The lowest BCUT2D eigenvalue weighted by atomic mass is 9.78. The van der Waals surface area contributed by atoms with Crippen molar-refractivity contribution in [3.8, 4) is 0 Å². The zero-order valence-electron chi connectivity index (χ0n) is 12.1. The largest absolute Gasteiger partial charge is 0.317 e. The minimum Gasteiger partial charge on any atom is -0.317 e. The van der Waals surface area contributed by atoms with Gasteiger partial charge in [-0.2, -0.15) is 0 Å². The fourth-order valence-corrected chi connectivity index (χ4v) is 2.96. The van der Waals surface area contributed by atoms with Gasteiger partial charge in [-0.05, 0) is 32.2 Å². The van der Waals surface area contributed by atoms with Crippen LogP contribution in [-0.4, -0.2) is 13.1 Å². The fraction of sp³-hybridized carbons (Fsp3) is 1.00. The predicted molar refractivity (Wildman–Crippen MR) is 77.4 cm³/mol. The summed E-state index contributed by atoms with van der Waals surface area (Å²) in [4.78, 5) is 0. The molecule has 0 aliphatic heterocycles. The van der Waals surface area contributed by atoms with E-state index in [9.17, 15) is 0 Å². The Morgan fingerprint density at radius 1 is 0.941 bits per heavy atom. The van der Waals surface area contributed by atoms with Crippen LogP contribution in [0.1, 0.15) is 84.0 Å². The summed E-state index contributed by atoms with van der Waals surface area (Å²) in [6.07, 6.45) is 17.4. The van der Waals surface area contributed by atoms with Crippen molar-refractivity contribution >= 4 is 0 Å². The van der Waals surface area contributed by atoms with Gasteiger partial charge in [-0.15, -0.1) is 0 Å². The Bertz CT molecular complexity index is 163. The molecular weight excluding hydrogens is 206 g/mol. The van der Waals surface area contributed by atoms with Crippen LogP contribution in [0, 0.1) is 5.92 Å². The number of unbranched alkanes of at least 4 members (excludes halogenated alkanes) is 7. The summed E-state index contributed by atoms with van der Waals surface area (Å²) in [7, 11) is 2.15. The monoisotopic (exact) mass is 239 g/mol. The highest BCUT2D eigenvalue weighted by molar-refractivity contribution is 4.81. The average molecular weight is 239 g/mol. The van der Waals surface area contributed by atoms with Crippen molar-refractivity contribution in [1.29, 1.82) is 0 Å². The molecule has 0 saturated heterocycles. The maximum Gasteiger partial charge on any atom is 0.00923 e. The van der Waals surface area contributed by atoms with Crippen LogP contribution in [0.3, 0.4) is 0 Å². The molecule has 1 aliphatic carbocycles. The molecule has 0 aromatic rings. The van der Waals surface area contributed by atoms with Gasteiger partial charge in [0, 0.05) is 6.04 Å². The molecular formula is C16H33N. The zero-order valence-corrected chi connectivity index (χ0v) is 12.1. The van der Waals surface area contributed by atoms with Crippen molar-refractivity contribution in [2.24, 2.45) is 5.92 Å². The van der Waals surface area contributed by atoms with E-state index in [4.69, 9.17) is 0 Å². The van der Waals surface area contributed by atoms with E-state index in [1.165, 1.54) is 77.0 Å². The maximum atomic E-state index is 3.52. The van der Waals surface area contributed by atoms with E-state index >= 15 is 0 Å². The van der Waals surface area contributed by atoms with E-state index in [-0.39, 0.29) is 0 Å². The van der Waals surface area contributed by atoms with Crippen molar-refractivity contribution in [3.05, 3.63) is 0 Å². The Morgan fingerprint density at radius 2 is 1.53 bits per heavy atom.